The van der Waals surface area contributed by atoms with Crippen LogP contribution >= 0.6 is 11.3 Å². The predicted molar refractivity (Wildman–Crippen MR) is 116 cm³/mol. The summed E-state index contributed by atoms with van der Waals surface area (Å²) in [5.41, 5.74) is 0.365. The number of alkyl halides is 3. The molecule has 13 heteroatoms. The van der Waals surface area contributed by atoms with Crippen molar-refractivity contribution in [2.75, 3.05) is 13.7 Å². The van der Waals surface area contributed by atoms with Crippen LogP contribution in [0.2, 0.25) is 0 Å². The van der Waals surface area contributed by atoms with E-state index in [1.54, 1.807) is 27.7 Å². The number of halogens is 3. The number of aromatic nitrogens is 2. The summed E-state index contributed by atoms with van der Waals surface area (Å²) in [6.45, 7) is 6.88. The lowest BCUT2D eigenvalue weighted by atomic mass is 10.2. The van der Waals surface area contributed by atoms with Crippen LogP contribution in [-0.2, 0) is 28.1 Å². The molecule has 1 aliphatic carbocycles. The van der Waals surface area contributed by atoms with Gasteiger partial charge in [-0.3, -0.25) is 14.8 Å². The molecular formula is C20H27F3N4O5S. The fraction of sp³-hybridized carbons (Fsp3) is 0.650. The van der Waals surface area contributed by atoms with Gasteiger partial charge in [0.25, 0.3) is 5.56 Å². The summed E-state index contributed by atoms with van der Waals surface area (Å²) in [6, 6.07) is 0. The molecule has 2 aromatic rings. The molecule has 1 amide bonds. The molecule has 9 nitrogen and oxygen atoms in total. The van der Waals surface area contributed by atoms with Crippen LogP contribution in [0.5, 0.6) is 0 Å². The van der Waals surface area contributed by atoms with Gasteiger partial charge < -0.3 is 9.47 Å². The van der Waals surface area contributed by atoms with E-state index in [0.29, 0.717) is 15.0 Å². The first kappa shape index (κ1) is 25.2. The molecule has 3 rings (SSSR count). The number of amides is 1. The number of thiophene rings is 1. The van der Waals surface area contributed by atoms with Gasteiger partial charge in [0.1, 0.15) is 16.0 Å². The molecule has 2 heterocycles. The molecule has 0 spiro atoms. The second kappa shape index (κ2) is 8.76. The van der Waals surface area contributed by atoms with Crippen molar-refractivity contribution in [2.45, 2.75) is 70.9 Å². The van der Waals surface area contributed by atoms with Crippen LogP contribution in [0, 0.1) is 6.92 Å². The molecular weight excluding hydrogens is 465 g/mol. The number of fused-ring (bicyclic) bond motifs is 1. The largest absolute Gasteiger partial charge is 0.443 e. The fourth-order valence-corrected chi connectivity index (χ4v) is 4.83. The van der Waals surface area contributed by atoms with Crippen molar-refractivity contribution in [1.82, 2.24) is 20.0 Å². The summed E-state index contributed by atoms with van der Waals surface area (Å²) >= 11 is 1.10. The number of carbonyl (C=O) groups is 1. The molecule has 1 saturated carbocycles. The Morgan fingerprint density at radius 1 is 1.21 bits per heavy atom. The quantitative estimate of drug-likeness (QED) is 0.577. The zero-order valence-electron chi connectivity index (χ0n) is 19.0. The molecule has 0 aromatic carbocycles. The Labute approximate surface area is 191 Å². The van der Waals surface area contributed by atoms with Crippen LogP contribution in [-0.4, -0.2) is 40.7 Å². The molecule has 2 N–H and O–H groups in total. The van der Waals surface area contributed by atoms with E-state index in [4.69, 9.17) is 9.47 Å². The van der Waals surface area contributed by atoms with E-state index in [2.05, 4.69) is 10.9 Å². The van der Waals surface area contributed by atoms with Crippen LogP contribution < -0.4 is 22.1 Å². The van der Waals surface area contributed by atoms with Gasteiger partial charge >= 0.3 is 18.0 Å². The van der Waals surface area contributed by atoms with Crippen LogP contribution in [0.15, 0.2) is 9.59 Å². The minimum atomic E-state index is -4.73. The number of nitrogens with one attached hydrogen (secondary N) is 2. The average molecular weight is 493 g/mol. The second-order valence-electron chi connectivity index (χ2n) is 8.91. The number of hydrogen-bond donors (Lipinski definition) is 2. The number of carbonyl (C=O) groups excluding carboxylic acids is 1. The fourth-order valence-electron chi connectivity index (χ4n) is 3.57. The molecule has 0 aliphatic heterocycles. The van der Waals surface area contributed by atoms with Crippen molar-refractivity contribution in [1.29, 1.82) is 0 Å². The van der Waals surface area contributed by atoms with Crippen LogP contribution in [0.3, 0.4) is 0 Å². The lowest BCUT2D eigenvalue weighted by Crippen LogP contribution is -2.51. The minimum Gasteiger partial charge on any atom is -0.443 e. The van der Waals surface area contributed by atoms with E-state index in [1.165, 1.54) is 7.11 Å². The smallest absolute Gasteiger partial charge is 0.422 e. The number of rotatable bonds is 7. The van der Waals surface area contributed by atoms with E-state index in [0.717, 1.165) is 15.9 Å². The highest BCUT2D eigenvalue weighted by molar-refractivity contribution is 7.18. The molecule has 0 saturated heterocycles. The van der Waals surface area contributed by atoms with Crippen LogP contribution in [0.1, 0.15) is 44.1 Å². The van der Waals surface area contributed by atoms with Crippen LogP contribution in [0.25, 0.3) is 10.2 Å². The maximum absolute atomic E-state index is 13.8. The highest BCUT2D eigenvalue weighted by atomic mass is 32.1. The Balaban J connectivity index is 2.04. The molecule has 33 heavy (non-hydrogen) atoms. The normalized spacial score (nSPS) is 15.6. The molecule has 2 aromatic heterocycles. The Morgan fingerprint density at radius 2 is 1.85 bits per heavy atom. The zero-order chi connectivity index (χ0) is 24.8. The van der Waals surface area contributed by atoms with Gasteiger partial charge in [0.15, 0.2) is 0 Å². The topological polar surface area (TPSA) is 104 Å². The summed E-state index contributed by atoms with van der Waals surface area (Å²) in [5, 5.41) is 0.0558. The van der Waals surface area contributed by atoms with Gasteiger partial charge in [-0.15, -0.1) is 11.3 Å². The molecule has 0 atom stereocenters. The Hall–Kier alpha value is -2.38. The van der Waals surface area contributed by atoms with E-state index in [1.807, 2.05) is 0 Å². The SMILES string of the molecule is COCCn1c(=O)n(C2(C(F)(F)F)CC2)c(=O)c2c(C)c(CNNC(=O)OC(C)(C)C)sc21. The molecule has 0 unspecified atom stereocenters. The van der Waals surface area contributed by atoms with Crippen molar-refractivity contribution in [3.05, 3.63) is 31.3 Å². The lowest BCUT2D eigenvalue weighted by Gasteiger charge is -2.22. The van der Waals surface area contributed by atoms with E-state index < -0.39 is 34.7 Å². The molecule has 1 fully saturated rings. The third-order valence-corrected chi connectivity index (χ3v) is 6.66. The first-order valence-electron chi connectivity index (χ1n) is 10.3. The standard InChI is InChI=1S/C20H27F3N4O5S/c1-11-12(10-24-25-16(29)32-18(2,3)4)33-15-13(11)14(28)27(17(30)26(15)8-9-31-5)19(6-7-19)20(21,22)23/h24H,6-10H2,1-5H3,(H,25,29). The lowest BCUT2D eigenvalue weighted by molar-refractivity contribution is -0.181. The average Bonchev–Trinajstić information content (AvgIpc) is 3.40. The monoisotopic (exact) mass is 492 g/mol. The second-order valence-corrected chi connectivity index (χ2v) is 9.99. The van der Waals surface area contributed by atoms with Gasteiger partial charge in [-0.25, -0.2) is 19.6 Å². The van der Waals surface area contributed by atoms with Gasteiger partial charge in [-0.1, -0.05) is 0 Å². The van der Waals surface area contributed by atoms with Gasteiger partial charge in [-0.05, 0) is 46.1 Å². The summed E-state index contributed by atoms with van der Waals surface area (Å²) in [7, 11) is 1.41. The van der Waals surface area contributed by atoms with E-state index in [-0.39, 0.29) is 42.8 Å². The minimum absolute atomic E-state index is 0.0109. The summed E-state index contributed by atoms with van der Waals surface area (Å²) in [6.07, 6.45) is -6.08. The zero-order valence-corrected chi connectivity index (χ0v) is 19.8. The van der Waals surface area contributed by atoms with Crippen molar-refractivity contribution in [3.8, 4) is 0 Å². The summed E-state index contributed by atoms with van der Waals surface area (Å²) in [5.74, 6) is 0. The number of hydrazine groups is 1. The first-order valence-corrected chi connectivity index (χ1v) is 11.1. The third-order valence-electron chi connectivity index (χ3n) is 5.35. The number of methoxy groups -OCH3 is 1. The van der Waals surface area contributed by atoms with Gasteiger partial charge in [0.2, 0.25) is 0 Å². The number of ether oxygens (including phenoxy) is 2. The Bertz CT molecular complexity index is 1170. The predicted octanol–water partition coefficient (Wildman–Crippen LogP) is 2.76. The van der Waals surface area contributed by atoms with Gasteiger partial charge in [0.05, 0.1) is 18.5 Å². The number of aryl methyl sites for hydroxylation is 1. The Kier molecular flexibility index (Phi) is 6.70. The third kappa shape index (κ3) is 4.80. The molecule has 0 bridgehead atoms. The van der Waals surface area contributed by atoms with E-state index in [9.17, 15) is 27.6 Å². The Morgan fingerprint density at radius 3 is 2.36 bits per heavy atom. The molecule has 1 aliphatic rings. The van der Waals surface area contributed by atoms with E-state index >= 15 is 0 Å². The maximum Gasteiger partial charge on any atom is 0.422 e. The highest BCUT2D eigenvalue weighted by Gasteiger charge is 2.66. The molecule has 0 radical (unpaired) electrons. The highest BCUT2D eigenvalue weighted by Crippen LogP contribution is 2.54. The van der Waals surface area contributed by atoms with Crippen molar-refractivity contribution >= 4 is 27.6 Å². The van der Waals surface area contributed by atoms with Crippen molar-refractivity contribution in [2.24, 2.45) is 0 Å². The number of nitrogens with zero attached hydrogens (tertiary/aromatic N) is 2. The summed E-state index contributed by atoms with van der Waals surface area (Å²) < 4.78 is 53.1. The maximum atomic E-state index is 13.8. The summed E-state index contributed by atoms with van der Waals surface area (Å²) in [4.78, 5) is 39.0. The van der Waals surface area contributed by atoms with Crippen molar-refractivity contribution in [3.63, 3.8) is 0 Å². The van der Waals surface area contributed by atoms with Crippen molar-refractivity contribution < 1.29 is 27.4 Å². The van der Waals surface area contributed by atoms with Crippen LogP contribution in [0.4, 0.5) is 18.0 Å². The number of hydrogen-bond acceptors (Lipinski definition) is 7. The van der Waals surface area contributed by atoms with Gasteiger partial charge in [0, 0.05) is 18.5 Å². The first-order chi connectivity index (χ1) is 15.2. The van der Waals surface area contributed by atoms with Gasteiger partial charge in [-0.2, -0.15) is 13.2 Å². The molecule has 184 valence electrons.